The van der Waals surface area contributed by atoms with Crippen molar-refractivity contribution in [2.75, 3.05) is 6.54 Å². The maximum absolute atomic E-state index is 11.9. The first-order valence-electron chi connectivity index (χ1n) is 7.38. The van der Waals surface area contributed by atoms with E-state index in [0.29, 0.717) is 10.9 Å². The van der Waals surface area contributed by atoms with Crippen molar-refractivity contribution in [1.82, 2.24) is 20.2 Å². The SMILES string of the molecule is CC1(C)C(=O)NC(=O)N1CC[As]c1ncc(Br)c(-c2ccc(Cl)s2)n1. The average Bonchev–Trinajstić information content (AvgIpc) is 3.05. The first-order chi connectivity index (χ1) is 11.8. The standard InChI is InChI=1S/C15H14AsBrClN4O2S/c1-15(2)12(23)21-14(24)22(15)6-5-16-13-19-7-8(17)11(20-13)9-3-4-10(18)25-9/h3-4,7H,5-6H2,1-2H3,(H,21,23,24). The van der Waals surface area contributed by atoms with E-state index >= 15 is 0 Å². The molecule has 2 aromatic rings. The number of carbonyl (C=O) groups is 2. The van der Waals surface area contributed by atoms with Gasteiger partial charge in [0.25, 0.3) is 0 Å². The minimum absolute atomic E-state index is 0.259. The molecule has 1 aliphatic rings. The van der Waals surface area contributed by atoms with Gasteiger partial charge in [-0.25, -0.2) is 0 Å². The Labute approximate surface area is 169 Å². The molecule has 0 saturated carbocycles. The molecule has 2 aromatic heterocycles. The fourth-order valence-corrected chi connectivity index (χ4v) is 5.66. The third-order valence-electron chi connectivity index (χ3n) is 3.81. The molecule has 131 valence electrons. The van der Waals surface area contributed by atoms with Gasteiger partial charge in [0.2, 0.25) is 0 Å². The Bertz CT molecular complexity index is 845. The summed E-state index contributed by atoms with van der Waals surface area (Å²) in [5.74, 6) is -0.259. The van der Waals surface area contributed by atoms with E-state index in [-0.39, 0.29) is 27.7 Å². The molecule has 10 heteroatoms. The Hall–Kier alpha value is -0.952. The quantitative estimate of drug-likeness (QED) is 0.502. The van der Waals surface area contributed by atoms with Crippen molar-refractivity contribution < 1.29 is 9.59 Å². The van der Waals surface area contributed by atoms with Gasteiger partial charge in [0.1, 0.15) is 0 Å². The molecule has 3 amide bonds. The molecule has 0 unspecified atom stereocenters. The van der Waals surface area contributed by atoms with Crippen LogP contribution in [0.2, 0.25) is 9.54 Å². The zero-order valence-corrected chi connectivity index (χ0v) is 18.5. The zero-order valence-electron chi connectivity index (χ0n) is 13.4. The molecular formula is C15H14AsBrClN4O2S. The van der Waals surface area contributed by atoms with Gasteiger partial charge in [0.15, 0.2) is 0 Å². The summed E-state index contributed by atoms with van der Waals surface area (Å²) in [4.78, 5) is 35.2. The Morgan fingerprint density at radius 2 is 2.16 bits per heavy atom. The van der Waals surface area contributed by atoms with Crippen LogP contribution in [0.4, 0.5) is 4.79 Å². The minimum atomic E-state index is -0.808. The van der Waals surface area contributed by atoms with Crippen LogP contribution >= 0.6 is 38.9 Å². The van der Waals surface area contributed by atoms with E-state index < -0.39 is 5.54 Å². The second-order valence-corrected chi connectivity index (χ2v) is 10.8. The normalized spacial score (nSPS) is 16.9. The van der Waals surface area contributed by atoms with Gasteiger partial charge in [-0.1, -0.05) is 0 Å². The summed E-state index contributed by atoms with van der Waals surface area (Å²) in [6, 6.07) is 3.44. The number of hydrogen-bond acceptors (Lipinski definition) is 5. The third-order valence-corrected chi connectivity index (χ3v) is 7.56. The summed E-state index contributed by atoms with van der Waals surface area (Å²) in [5.41, 5.74) is 0.0177. The van der Waals surface area contributed by atoms with Crippen molar-refractivity contribution in [2.45, 2.75) is 24.6 Å². The van der Waals surface area contributed by atoms with E-state index in [0.717, 1.165) is 24.9 Å². The van der Waals surface area contributed by atoms with Crippen LogP contribution in [0.25, 0.3) is 10.6 Å². The van der Waals surface area contributed by atoms with Gasteiger partial charge in [0, 0.05) is 0 Å². The first kappa shape index (κ1) is 18.8. The van der Waals surface area contributed by atoms with Crippen molar-refractivity contribution in [1.29, 1.82) is 0 Å². The molecule has 25 heavy (non-hydrogen) atoms. The van der Waals surface area contributed by atoms with Gasteiger partial charge in [-0.3, -0.25) is 0 Å². The summed E-state index contributed by atoms with van der Waals surface area (Å²) in [7, 11) is 0. The van der Waals surface area contributed by atoms with E-state index in [4.69, 9.17) is 11.6 Å². The maximum atomic E-state index is 11.9. The second kappa shape index (κ2) is 7.35. The van der Waals surface area contributed by atoms with Crippen LogP contribution in [0.5, 0.6) is 0 Å². The molecule has 1 radical (unpaired) electrons. The predicted molar refractivity (Wildman–Crippen MR) is 103 cm³/mol. The number of hydrogen-bond donors (Lipinski definition) is 1. The third kappa shape index (κ3) is 3.92. The monoisotopic (exact) mass is 503 g/mol. The van der Waals surface area contributed by atoms with Crippen molar-refractivity contribution in [3.8, 4) is 10.6 Å². The summed E-state index contributed by atoms with van der Waals surface area (Å²) in [6.07, 6.45) is 1.75. The Balaban J connectivity index is 1.68. The summed E-state index contributed by atoms with van der Waals surface area (Å²) in [5, 5.41) is 3.11. The van der Waals surface area contributed by atoms with E-state index in [2.05, 4.69) is 31.2 Å². The average molecular weight is 505 g/mol. The molecule has 1 fully saturated rings. The Morgan fingerprint density at radius 1 is 1.40 bits per heavy atom. The molecule has 0 atom stereocenters. The molecule has 0 bridgehead atoms. The molecule has 3 heterocycles. The van der Waals surface area contributed by atoms with Gasteiger partial charge in [-0.05, 0) is 0 Å². The van der Waals surface area contributed by atoms with Crippen LogP contribution in [-0.4, -0.2) is 54.6 Å². The van der Waals surface area contributed by atoms with Crippen molar-refractivity contribution in [3.63, 3.8) is 0 Å². The Kier molecular flexibility index (Phi) is 5.53. The number of nitrogens with one attached hydrogen (secondary N) is 1. The van der Waals surface area contributed by atoms with Gasteiger partial charge in [0.05, 0.1) is 0 Å². The van der Waals surface area contributed by atoms with Crippen LogP contribution in [0.1, 0.15) is 13.8 Å². The van der Waals surface area contributed by atoms with E-state index in [1.807, 2.05) is 12.1 Å². The van der Waals surface area contributed by atoms with Gasteiger partial charge < -0.3 is 0 Å². The van der Waals surface area contributed by atoms with Gasteiger partial charge in [-0.15, -0.1) is 0 Å². The van der Waals surface area contributed by atoms with Gasteiger partial charge >= 0.3 is 170 Å². The van der Waals surface area contributed by atoms with Crippen LogP contribution < -0.4 is 9.93 Å². The number of halogens is 2. The molecule has 6 nitrogen and oxygen atoms in total. The number of thiophene rings is 1. The number of carbonyl (C=O) groups excluding carboxylic acids is 2. The molecule has 1 saturated heterocycles. The fraction of sp³-hybridized carbons (Fsp3) is 0.333. The zero-order chi connectivity index (χ0) is 18.2. The summed E-state index contributed by atoms with van der Waals surface area (Å²) in [6.45, 7) is 4.00. The Morgan fingerprint density at radius 3 is 2.76 bits per heavy atom. The molecule has 0 aromatic carbocycles. The molecular weight excluding hydrogens is 491 g/mol. The summed E-state index contributed by atoms with van der Waals surface area (Å²) >= 11 is 10.6. The van der Waals surface area contributed by atoms with Crippen LogP contribution in [-0.2, 0) is 4.79 Å². The fourth-order valence-electron chi connectivity index (χ4n) is 2.37. The van der Waals surface area contributed by atoms with Gasteiger partial charge in [-0.2, -0.15) is 0 Å². The van der Waals surface area contributed by atoms with Crippen LogP contribution in [0.3, 0.4) is 0 Å². The number of urea groups is 1. The number of rotatable bonds is 5. The molecule has 1 N–H and O–H groups in total. The molecule has 1 aliphatic heterocycles. The van der Waals surface area contributed by atoms with E-state index in [1.165, 1.54) is 11.3 Å². The number of aromatic nitrogens is 2. The first-order valence-corrected chi connectivity index (χ1v) is 11.6. The predicted octanol–water partition coefficient (Wildman–Crippen LogP) is 2.70. The van der Waals surface area contributed by atoms with E-state index in [1.54, 1.807) is 24.9 Å². The van der Waals surface area contributed by atoms with Crippen molar-refractivity contribution in [3.05, 3.63) is 27.1 Å². The van der Waals surface area contributed by atoms with Crippen molar-refractivity contribution >= 4 is 71.2 Å². The molecule has 3 rings (SSSR count). The number of imide groups is 1. The number of nitrogens with zero attached hydrogens (tertiary/aromatic N) is 3. The number of amides is 3. The summed E-state index contributed by atoms with van der Waals surface area (Å²) < 4.78 is 2.31. The van der Waals surface area contributed by atoms with Crippen LogP contribution in [0, 0.1) is 0 Å². The van der Waals surface area contributed by atoms with E-state index in [9.17, 15) is 9.59 Å². The molecule has 0 aliphatic carbocycles. The van der Waals surface area contributed by atoms with Crippen LogP contribution in [0.15, 0.2) is 22.8 Å². The topological polar surface area (TPSA) is 75.2 Å². The molecule has 0 spiro atoms. The second-order valence-electron chi connectivity index (χ2n) is 5.82. The van der Waals surface area contributed by atoms with Crippen molar-refractivity contribution in [2.24, 2.45) is 0 Å².